The van der Waals surface area contributed by atoms with Gasteiger partial charge in [0, 0.05) is 9.50 Å². The van der Waals surface area contributed by atoms with Crippen molar-refractivity contribution in [1.29, 1.82) is 0 Å². The molecule has 33 heavy (non-hydrogen) atoms. The third-order valence-corrected chi connectivity index (χ3v) is 6.83. The highest BCUT2D eigenvalue weighted by atomic mass is 79.9. The van der Waals surface area contributed by atoms with Crippen LogP contribution in [-0.2, 0) is 11.4 Å². The fourth-order valence-corrected chi connectivity index (χ4v) is 4.77. The fourth-order valence-electron chi connectivity index (χ4n) is 2.96. The van der Waals surface area contributed by atoms with Crippen LogP contribution >= 0.6 is 55.2 Å². The van der Waals surface area contributed by atoms with Gasteiger partial charge in [0.15, 0.2) is 16.7 Å². The lowest BCUT2D eigenvalue weighted by Gasteiger charge is -2.14. The summed E-state index contributed by atoms with van der Waals surface area (Å²) in [7, 11) is 1.58. The van der Waals surface area contributed by atoms with Crippen molar-refractivity contribution < 1.29 is 14.3 Å². The molecule has 0 atom stereocenters. The molecule has 1 aliphatic rings. The number of nitrogens with zero attached hydrogens (tertiary/aromatic N) is 1. The molecule has 1 amide bonds. The number of carbonyl (C=O) groups is 1. The first-order chi connectivity index (χ1) is 15.9. The SMILES string of the molecule is COc1cc(/C=C2\SC(=Nc3ccc(Cl)cc3)NC2=O)cc(Br)c1OCc1ccc(Br)cc1. The number of methoxy groups -OCH3 is 1. The predicted molar refractivity (Wildman–Crippen MR) is 141 cm³/mol. The van der Waals surface area contributed by atoms with E-state index < -0.39 is 0 Å². The highest BCUT2D eigenvalue weighted by molar-refractivity contribution is 9.10. The van der Waals surface area contributed by atoms with E-state index >= 15 is 0 Å². The van der Waals surface area contributed by atoms with Gasteiger partial charge in [-0.05, 0) is 93.4 Å². The number of thioether (sulfide) groups is 1. The molecule has 1 aliphatic heterocycles. The van der Waals surface area contributed by atoms with Crippen LogP contribution in [0.2, 0.25) is 5.02 Å². The molecule has 0 saturated carbocycles. The summed E-state index contributed by atoms with van der Waals surface area (Å²) in [6, 6.07) is 18.7. The van der Waals surface area contributed by atoms with Crippen molar-refractivity contribution in [2.75, 3.05) is 7.11 Å². The molecule has 4 rings (SSSR count). The van der Waals surface area contributed by atoms with Crippen molar-refractivity contribution in [3.8, 4) is 11.5 Å². The molecule has 1 N–H and O–H groups in total. The normalized spacial score (nSPS) is 15.7. The third-order valence-electron chi connectivity index (χ3n) is 4.55. The van der Waals surface area contributed by atoms with Gasteiger partial charge in [-0.15, -0.1) is 0 Å². The number of amidine groups is 1. The Labute approximate surface area is 217 Å². The van der Waals surface area contributed by atoms with Crippen LogP contribution in [0.25, 0.3) is 6.08 Å². The number of rotatable bonds is 6. The summed E-state index contributed by atoms with van der Waals surface area (Å²) in [4.78, 5) is 17.4. The number of amides is 1. The van der Waals surface area contributed by atoms with Gasteiger partial charge in [0.25, 0.3) is 5.91 Å². The molecule has 1 fully saturated rings. The van der Waals surface area contributed by atoms with E-state index in [9.17, 15) is 4.79 Å². The van der Waals surface area contributed by atoms with Gasteiger partial charge in [-0.25, -0.2) is 4.99 Å². The maximum atomic E-state index is 12.4. The molecule has 0 unspecified atom stereocenters. The zero-order chi connectivity index (χ0) is 23.4. The van der Waals surface area contributed by atoms with Crippen LogP contribution in [0.3, 0.4) is 0 Å². The van der Waals surface area contributed by atoms with E-state index in [-0.39, 0.29) is 5.91 Å². The van der Waals surface area contributed by atoms with E-state index in [0.717, 1.165) is 20.1 Å². The first kappa shape index (κ1) is 23.9. The van der Waals surface area contributed by atoms with Gasteiger partial charge in [0.1, 0.15) is 6.61 Å². The molecule has 0 bridgehead atoms. The second-order valence-corrected chi connectivity index (χ2v) is 10.1. The van der Waals surface area contributed by atoms with E-state index in [2.05, 4.69) is 42.2 Å². The van der Waals surface area contributed by atoms with E-state index in [1.54, 1.807) is 37.5 Å². The zero-order valence-electron chi connectivity index (χ0n) is 17.3. The Hall–Kier alpha value is -2.26. The monoisotopic (exact) mass is 606 g/mol. The lowest BCUT2D eigenvalue weighted by molar-refractivity contribution is -0.115. The number of aliphatic imine (C=N–C) groups is 1. The van der Waals surface area contributed by atoms with Gasteiger partial charge in [-0.1, -0.05) is 39.7 Å². The second kappa shape index (κ2) is 10.8. The predicted octanol–water partition coefficient (Wildman–Crippen LogP) is 7.34. The van der Waals surface area contributed by atoms with E-state index in [4.69, 9.17) is 21.1 Å². The Morgan fingerprint density at radius 1 is 1.09 bits per heavy atom. The summed E-state index contributed by atoms with van der Waals surface area (Å²) in [5, 5.41) is 3.93. The van der Waals surface area contributed by atoms with Crippen LogP contribution in [0.1, 0.15) is 11.1 Å². The largest absolute Gasteiger partial charge is 0.493 e. The molecule has 1 heterocycles. The molecule has 0 aromatic heterocycles. The number of ether oxygens (including phenoxy) is 2. The number of carbonyl (C=O) groups excluding carboxylic acids is 1. The summed E-state index contributed by atoms with van der Waals surface area (Å²) in [6.45, 7) is 0.394. The lowest BCUT2D eigenvalue weighted by atomic mass is 10.2. The van der Waals surface area contributed by atoms with Gasteiger partial charge in [-0.2, -0.15) is 0 Å². The molecule has 3 aromatic rings. The van der Waals surface area contributed by atoms with Gasteiger partial charge in [-0.3, -0.25) is 4.79 Å². The van der Waals surface area contributed by atoms with E-state index in [1.807, 2.05) is 36.4 Å². The fraction of sp³-hybridized carbons (Fsp3) is 0.0833. The Kier molecular flexibility index (Phi) is 7.80. The number of benzene rings is 3. The molecule has 0 spiro atoms. The van der Waals surface area contributed by atoms with E-state index in [1.165, 1.54) is 11.8 Å². The van der Waals surface area contributed by atoms with Crippen molar-refractivity contribution in [3.05, 3.63) is 90.7 Å². The molecular formula is C24H17Br2ClN2O3S. The van der Waals surface area contributed by atoms with Gasteiger partial charge < -0.3 is 14.8 Å². The zero-order valence-corrected chi connectivity index (χ0v) is 22.0. The first-order valence-electron chi connectivity index (χ1n) is 9.71. The average molecular weight is 609 g/mol. The molecule has 0 aliphatic carbocycles. The van der Waals surface area contributed by atoms with Gasteiger partial charge in [0.05, 0.1) is 22.2 Å². The van der Waals surface area contributed by atoms with Gasteiger partial charge >= 0.3 is 0 Å². The van der Waals surface area contributed by atoms with Crippen molar-refractivity contribution in [2.45, 2.75) is 6.61 Å². The molecule has 3 aromatic carbocycles. The van der Waals surface area contributed by atoms with E-state index in [0.29, 0.717) is 38.9 Å². The molecule has 168 valence electrons. The summed E-state index contributed by atoms with van der Waals surface area (Å²) in [5.41, 5.74) is 2.53. The van der Waals surface area contributed by atoms with Crippen LogP contribution in [0.5, 0.6) is 11.5 Å². The van der Waals surface area contributed by atoms with Crippen LogP contribution in [0, 0.1) is 0 Å². The van der Waals surface area contributed by atoms with Crippen LogP contribution in [0.15, 0.2) is 79.5 Å². The summed E-state index contributed by atoms with van der Waals surface area (Å²) >= 11 is 14.2. The van der Waals surface area contributed by atoms with Gasteiger partial charge in [0.2, 0.25) is 0 Å². The maximum absolute atomic E-state index is 12.4. The average Bonchev–Trinajstić information content (AvgIpc) is 3.13. The Balaban J connectivity index is 1.52. The minimum absolute atomic E-state index is 0.210. The quantitative estimate of drug-likeness (QED) is 0.298. The molecule has 9 heteroatoms. The minimum atomic E-state index is -0.210. The van der Waals surface area contributed by atoms with Crippen molar-refractivity contribution >= 4 is 78.1 Å². The topological polar surface area (TPSA) is 59.9 Å². The summed E-state index contributed by atoms with van der Waals surface area (Å²) in [6.07, 6.45) is 1.79. The maximum Gasteiger partial charge on any atom is 0.264 e. The molecule has 5 nitrogen and oxygen atoms in total. The summed E-state index contributed by atoms with van der Waals surface area (Å²) < 4.78 is 13.3. The molecule has 0 radical (unpaired) electrons. The third kappa shape index (κ3) is 6.20. The standard InChI is InChI=1S/C24H17Br2ClN2O3S/c1-31-20-11-15(10-19(26)22(20)32-13-14-2-4-16(25)5-3-14)12-21-23(30)29-24(33-21)28-18-8-6-17(27)7-9-18/h2-12H,13H2,1H3,(H,28,29,30)/b21-12-. The number of nitrogens with one attached hydrogen (secondary N) is 1. The Morgan fingerprint density at radius 3 is 2.52 bits per heavy atom. The first-order valence-corrected chi connectivity index (χ1v) is 12.5. The Bertz CT molecular complexity index is 1250. The lowest BCUT2D eigenvalue weighted by Crippen LogP contribution is -2.19. The minimum Gasteiger partial charge on any atom is -0.493 e. The van der Waals surface area contributed by atoms with Crippen molar-refractivity contribution in [1.82, 2.24) is 5.32 Å². The highest BCUT2D eigenvalue weighted by Gasteiger charge is 2.24. The van der Waals surface area contributed by atoms with Crippen molar-refractivity contribution in [3.63, 3.8) is 0 Å². The smallest absolute Gasteiger partial charge is 0.264 e. The van der Waals surface area contributed by atoms with Crippen LogP contribution in [0.4, 0.5) is 5.69 Å². The summed E-state index contributed by atoms with van der Waals surface area (Å²) in [5.74, 6) is 0.946. The van der Waals surface area contributed by atoms with Crippen LogP contribution in [-0.4, -0.2) is 18.2 Å². The second-order valence-electron chi connectivity index (χ2n) is 6.91. The number of hydrogen-bond acceptors (Lipinski definition) is 5. The number of halogens is 3. The number of hydrogen-bond donors (Lipinski definition) is 1. The Morgan fingerprint density at radius 2 is 1.82 bits per heavy atom. The highest BCUT2D eigenvalue weighted by Crippen LogP contribution is 2.39. The molecule has 1 saturated heterocycles. The molecular weight excluding hydrogens is 592 g/mol. The van der Waals surface area contributed by atoms with Crippen molar-refractivity contribution in [2.24, 2.45) is 4.99 Å². The van der Waals surface area contributed by atoms with Crippen LogP contribution < -0.4 is 14.8 Å².